The second-order valence-corrected chi connectivity index (χ2v) is 6.17. The lowest BCUT2D eigenvalue weighted by molar-refractivity contribution is 0.102. The Morgan fingerprint density at radius 3 is 2.57 bits per heavy atom. The van der Waals surface area contributed by atoms with Crippen LogP contribution in [0.4, 0.5) is 14.5 Å². The van der Waals surface area contributed by atoms with Gasteiger partial charge in [-0.05, 0) is 31.2 Å². The molecule has 0 spiro atoms. The summed E-state index contributed by atoms with van der Waals surface area (Å²) in [5.41, 5.74) is 6.50. The van der Waals surface area contributed by atoms with Crippen LogP contribution in [0.25, 0.3) is 0 Å². The van der Waals surface area contributed by atoms with E-state index in [1.165, 1.54) is 23.5 Å². The summed E-state index contributed by atoms with van der Waals surface area (Å²) in [5.74, 6) is -2.82. The third-order valence-corrected chi connectivity index (χ3v) is 4.25. The van der Waals surface area contributed by atoms with Crippen molar-refractivity contribution in [1.82, 2.24) is 4.98 Å². The molecule has 8 heteroatoms. The number of benzene rings is 1. The zero-order valence-electron chi connectivity index (χ0n) is 11.0. The molecule has 1 unspecified atom stereocenters. The maximum absolute atomic E-state index is 12.2. The fourth-order valence-corrected chi connectivity index (χ4v) is 2.77. The summed E-state index contributed by atoms with van der Waals surface area (Å²) < 4.78 is 24.4. The second kappa shape index (κ2) is 6.97. The maximum Gasteiger partial charge on any atom is 0.288 e. The molecule has 3 N–H and O–H groups in total. The van der Waals surface area contributed by atoms with Crippen molar-refractivity contribution >= 4 is 34.7 Å². The average Bonchev–Trinajstić information content (AvgIpc) is 2.90. The lowest BCUT2D eigenvalue weighted by Gasteiger charge is -2.05. The van der Waals surface area contributed by atoms with Gasteiger partial charge >= 0.3 is 0 Å². The number of thiazole rings is 1. The number of hydrogen-bond donors (Lipinski definition) is 2. The number of thioether (sulfide) groups is 1. The van der Waals surface area contributed by atoms with E-state index in [-0.39, 0.29) is 11.9 Å². The largest absolute Gasteiger partial charge is 0.322 e. The Kier molecular flexibility index (Phi) is 5.27. The van der Waals surface area contributed by atoms with Crippen molar-refractivity contribution in [3.05, 3.63) is 40.3 Å². The van der Waals surface area contributed by atoms with Gasteiger partial charge < -0.3 is 11.1 Å². The number of rotatable bonds is 5. The van der Waals surface area contributed by atoms with Crippen LogP contribution in [0.2, 0.25) is 0 Å². The Labute approximate surface area is 128 Å². The molecule has 112 valence electrons. The first kappa shape index (κ1) is 15.9. The van der Waals surface area contributed by atoms with E-state index >= 15 is 0 Å². The number of nitrogens with one attached hydrogen (secondary N) is 1. The molecule has 1 amide bonds. The number of halogens is 2. The smallest absolute Gasteiger partial charge is 0.288 e. The van der Waals surface area contributed by atoms with E-state index in [0.29, 0.717) is 33.0 Å². The van der Waals surface area contributed by atoms with E-state index in [1.54, 1.807) is 24.4 Å². The van der Waals surface area contributed by atoms with E-state index in [4.69, 9.17) is 5.73 Å². The summed E-state index contributed by atoms with van der Waals surface area (Å²) in [5, 5.41) is 4.98. The zero-order valence-corrected chi connectivity index (χ0v) is 12.7. The highest BCUT2D eigenvalue weighted by molar-refractivity contribution is 7.99. The molecule has 2 rings (SSSR count). The second-order valence-electron chi connectivity index (χ2n) is 4.22. The molecule has 0 radical (unpaired) electrons. The Balaban J connectivity index is 2.01. The van der Waals surface area contributed by atoms with Crippen molar-refractivity contribution in [2.75, 3.05) is 5.32 Å². The predicted octanol–water partition coefficient (Wildman–Crippen LogP) is 3.73. The number of carbonyl (C=O) groups is 1. The summed E-state index contributed by atoms with van der Waals surface area (Å²) in [7, 11) is 0. The fraction of sp³-hybridized carbons (Fsp3) is 0.231. The number of nitrogens with two attached hydrogens (primary N) is 1. The molecule has 0 aliphatic heterocycles. The molecule has 0 aliphatic rings. The number of nitrogens with zero attached hydrogens (tertiary/aromatic N) is 1. The van der Waals surface area contributed by atoms with Crippen LogP contribution in [0.3, 0.4) is 0 Å². The summed E-state index contributed by atoms with van der Waals surface area (Å²) in [6.45, 7) is 1.79. The number of anilines is 1. The highest BCUT2D eigenvalue weighted by atomic mass is 32.2. The van der Waals surface area contributed by atoms with Gasteiger partial charge in [-0.2, -0.15) is 8.78 Å². The molecule has 1 heterocycles. The molecule has 4 nitrogen and oxygen atoms in total. The van der Waals surface area contributed by atoms with Crippen LogP contribution in [0.5, 0.6) is 0 Å². The first-order valence-corrected chi connectivity index (χ1v) is 7.79. The van der Waals surface area contributed by atoms with Gasteiger partial charge in [0, 0.05) is 16.0 Å². The van der Waals surface area contributed by atoms with Crippen LogP contribution >= 0.6 is 23.1 Å². The Morgan fingerprint density at radius 2 is 2.05 bits per heavy atom. The van der Waals surface area contributed by atoms with Crippen LogP contribution < -0.4 is 11.1 Å². The highest BCUT2D eigenvalue weighted by Gasteiger charge is 2.13. The Hall–Kier alpha value is -1.51. The van der Waals surface area contributed by atoms with Gasteiger partial charge in [0.1, 0.15) is 10.7 Å². The first-order valence-electron chi connectivity index (χ1n) is 6.03. The van der Waals surface area contributed by atoms with Crippen LogP contribution in [0.15, 0.2) is 34.5 Å². The first-order chi connectivity index (χ1) is 9.95. The van der Waals surface area contributed by atoms with Crippen molar-refractivity contribution in [3.8, 4) is 0 Å². The standard InChI is InChI=1S/C13H13F2N3OS2/c1-7(16)12-18-10(6-20-12)11(19)17-8-2-4-9(5-3-8)21-13(14)15/h2-7,13H,16H2,1H3,(H,17,19). The molecule has 0 bridgehead atoms. The van der Waals surface area contributed by atoms with E-state index in [1.807, 2.05) is 0 Å². The normalized spacial score (nSPS) is 12.4. The van der Waals surface area contributed by atoms with Gasteiger partial charge in [-0.3, -0.25) is 4.79 Å². The number of carbonyl (C=O) groups excluding carboxylic acids is 1. The van der Waals surface area contributed by atoms with Crippen LogP contribution in [0.1, 0.15) is 28.5 Å². The van der Waals surface area contributed by atoms with Gasteiger partial charge in [0.2, 0.25) is 0 Å². The SMILES string of the molecule is CC(N)c1nc(C(=O)Nc2ccc(SC(F)F)cc2)cs1. The summed E-state index contributed by atoms with van der Waals surface area (Å²) >= 11 is 1.78. The molecule has 1 aromatic carbocycles. The number of aromatic nitrogens is 1. The van der Waals surface area contributed by atoms with Gasteiger partial charge in [0.15, 0.2) is 0 Å². The van der Waals surface area contributed by atoms with Gasteiger partial charge in [0.25, 0.3) is 11.7 Å². The van der Waals surface area contributed by atoms with Crippen LogP contribution in [-0.4, -0.2) is 16.6 Å². The molecular formula is C13H13F2N3OS2. The van der Waals surface area contributed by atoms with Gasteiger partial charge in [-0.15, -0.1) is 11.3 Å². The van der Waals surface area contributed by atoms with Crippen LogP contribution in [-0.2, 0) is 0 Å². The van der Waals surface area contributed by atoms with Crippen molar-refractivity contribution < 1.29 is 13.6 Å². The quantitative estimate of drug-likeness (QED) is 0.820. The maximum atomic E-state index is 12.2. The van der Waals surface area contributed by atoms with E-state index in [2.05, 4.69) is 10.3 Å². The van der Waals surface area contributed by atoms with Crippen molar-refractivity contribution in [2.45, 2.75) is 23.6 Å². The topological polar surface area (TPSA) is 68.0 Å². The molecule has 0 saturated heterocycles. The molecule has 1 aromatic heterocycles. The number of alkyl halides is 2. The third kappa shape index (κ3) is 4.48. The number of amides is 1. The van der Waals surface area contributed by atoms with Crippen molar-refractivity contribution in [3.63, 3.8) is 0 Å². The molecule has 1 atom stereocenters. The average molecular weight is 329 g/mol. The lowest BCUT2D eigenvalue weighted by Crippen LogP contribution is -2.13. The van der Waals surface area contributed by atoms with E-state index in [9.17, 15) is 13.6 Å². The Morgan fingerprint density at radius 1 is 1.38 bits per heavy atom. The number of hydrogen-bond acceptors (Lipinski definition) is 5. The molecule has 0 saturated carbocycles. The third-order valence-electron chi connectivity index (χ3n) is 2.48. The Bertz CT molecular complexity index is 614. The minimum Gasteiger partial charge on any atom is -0.322 e. The van der Waals surface area contributed by atoms with Crippen molar-refractivity contribution in [2.24, 2.45) is 5.73 Å². The summed E-state index contributed by atoms with van der Waals surface area (Å²) in [6, 6.07) is 5.98. The van der Waals surface area contributed by atoms with E-state index in [0.717, 1.165) is 0 Å². The lowest BCUT2D eigenvalue weighted by atomic mass is 10.3. The minimum absolute atomic E-state index is 0.220. The fourth-order valence-electron chi connectivity index (χ4n) is 1.52. The van der Waals surface area contributed by atoms with Crippen molar-refractivity contribution in [1.29, 1.82) is 0 Å². The van der Waals surface area contributed by atoms with Gasteiger partial charge in [-0.25, -0.2) is 4.98 Å². The highest BCUT2D eigenvalue weighted by Crippen LogP contribution is 2.26. The molecule has 0 aliphatic carbocycles. The summed E-state index contributed by atoms with van der Waals surface area (Å²) in [4.78, 5) is 16.6. The predicted molar refractivity (Wildman–Crippen MR) is 81.0 cm³/mol. The van der Waals surface area contributed by atoms with Crippen LogP contribution in [0, 0.1) is 0 Å². The van der Waals surface area contributed by atoms with Gasteiger partial charge in [0.05, 0.1) is 6.04 Å². The monoisotopic (exact) mass is 329 g/mol. The molecule has 21 heavy (non-hydrogen) atoms. The van der Waals surface area contributed by atoms with E-state index < -0.39 is 5.76 Å². The zero-order chi connectivity index (χ0) is 15.4. The molecule has 2 aromatic rings. The van der Waals surface area contributed by atoms with Gasteiger partial charge in [-0.1, -0.05) is 11.8 Å². The molecular weight excluding hydrogens is 316 g/mol. The summed E-state index contributed by atoms with van der Waals surface area (Å²) in [6.07, 6.45) is 0. The molecule has 0 fully saturated rings. The minimum atomic E-state index is -2.46.